The van der Waals surface area contributed by atoms with Crippen molar-refractivity contribution < 1.29 is 31.6 Å². The summed E-state index contributed by atoms with van der Waals surface area (Å²) in [5.74, 6) is -0.533. The molecular weight excluding hydrogens is 409 g/mol. The highest BCUT2D eigenvalue weighted by molar-refractivity contribution is 7.82. The molecule has 1 amide bonds. The molecule has 1 saturated heterocycles. The first-order chi connectivity index (χ1) is 13.6. The van der Waals surface area contributed by atoms with Gasteiger partial charge in [-0.3, -0.25) is 4.79 Å². The van der Waals surface area contributed by atoms with Crippen molar-refractivity contribution in [2.45, 2.75) is 44.1 Å². The second-order valence-electron chi connectivity index (χ2n) is 6.71. The number of nitrogens with one attached hydrogen (secondary N) is 1. The SMILES string of the molecule is CC(C)OCCNC(=O)C=C1CCN(S(=O)c2ccc(OC(F)(F)F)cc2)CC1. The highest BCUT2D eigenvalue weighted by atomic mass is 32.2. The maximum Gasteiger partial charge on any atom is 0.573 e. The highest BCUT2D eigenvalue weighted by Crippen LogP contribution is 2.25. The number of piperidine rings is 1. The molecule has 1 fully saturated rings. The first-order valence-electron chi connectivity index (χ1n) is 9.25. The lowest BCUT2D eigenvalue weighted by Crippen LogP contribution is -2.33. The number of nitrogens with zero attached hydrogens (tertiary/aromatic N) is 1. The van der Waals surface area contributed by atoms with Crippen molar-refractivity contribution in [1.82, 2.24) is 9.62 Å². The summed E-state index contributed by atoms with van der Waals surface area (Å²) in [4.78, 5) is 12.3. The Kier molecular flexibility index (Phi) is 8.66. The van der Waals surface area contributed by atoms with Crippen LogP contribution >= 0.6 is 0 Å². The first-order valence-corrected chi connectivity index (χ1v) is 10.4. The van der Waals surface area contributed by atoms with Crippen LogP contribution in [0.4, 0.5) is 13.2 Å². The fraction of sp³-hybridized carbons (Fsp3) is 0.526. The lowest BCUT2D eigenvalue weighted by atomic mass is 10.1. The number of carbonyl (C=O) groups excluding carboxylic acids is 1. The maximum atomic E-state index is 12.6. The van der Waals surface area contributed by atoms with Crippen molar-refractivity contribution in [2.24, 2.45) is 0 Å². The Labute approximate surface area is 170 Å². The zero-order chi connectivity index (χ0) is 21.4. The smallest absolute Gasteiger partial charge is 0.406 e. The van der Waals surface area contributed by atoms with Gasteiger partial charge in [-0.15, -0.1) is 13.2 Å². The average Bonchev–Trinajstić information content (AvgIpc) is 2.64. The quantitative estimate of drug-likeness (QED) is 0.504. The summed E-state index contributed by atoms with van der Waals surface area (Å²) >= 11 is 0. The summed E-state index contributed by atoms with van der Waals surface area (Å²) in [7, 11) is -1.49. The molecule has 0 aromatic heterocycles. The van der Waals surface area contributed by atoms with Crippen molar-refractivity contribution in [3.63, 3.8) is 0 Å². The summed E-state index contributed by atoms with van der Waals surface area (Å²) in [6.45, 7) is 5.71. The molecule has 2 rings (SSSR count). The topological polar surface area (TPSA) is 67.9 Å². The fourth-order valence-electron chi connectivity index (χ4n) is 2.70. The fourth-order valence-corrected chi connectivity index (χ4v) is 3.88. The van der Waals surface area contributed by atoms with Crippen LogP contribution in [0.3, 0.4) is 0 Å². The van der Waals surface area contributed by atoms with Crippen LogP contribution in [0.2, 0.25) is 0 Å². The lowest BCUT2D eigenvalue weighted by Gasteiger charge is -2.27. The van der Waals surface area contributed by atoms with Crippen LogP contribution in [-0.2, 0) is 20.5 Å². The third kappa shape index (κ3) is 8.55. The van der Waals surface area contributed by atoms with E-state index in [0.29, 0.717) is 44.0 Å². The Morgan fingerprint density at radius 1 is 1.24 bits per heavy atom. The van der Waals surface area contributed by atoms with Crippen molar-refractivity contribution in [3.05, 3.63) is 35.9 Å². The Bertz CT molecular complexity index is 726. The van der Waals surface area contributed by atoms with E-state index in [2.05, 4.69) is 10.1 Å². The lowest BCUT2D eigenvalue weighted by molar-refractivity contribution is -0.274. The Morgan fingerprint density at radius 3 is 2.41 bits per heavy atom. The van der Waals surface area contributed by atoms with Crippen LogP contribution in [0.1, 0.15) is 26.7 Å². The Morgan fingerprint density at radius 2 is 1.86 bits per heavy atom. The zero-order valence-electron chi connectivity index (χ0n) is 16.3. The molecule has 1 aromatic rings. The van der Waals surface area contributed by atoms with Crippen molar-refractivity contribution in [2.75, 3.05) is 26.2 Å². The number of carbonyl (C=O) groups is 1. The van der Waals surface area contributed by atoms with E-state index in [9.17, 15) is 22.2 Å². The van der Waals surface area contributed by atoms with Crippen LogP contribution in [-0.4, -0.2) is 53.1 Å². The minimum absolute atomic E-state index is 0.115. The van der Waals surface area contributed by atoms with Crippen molar-refractivity contribution >= 4 is 16.9 Å². The molecule has 1 aromatic carbocycles. The molecule has 1 heterocycles. The monoisotopic (exact) mass is 434 g/mol. The molecule has 6 nitrogen and oxygen atoms in total. The standard InChI is InChI=1S/C19H25F3N2O4S/c1-14(2)27-12-9-23-18(25)13-15-7-10-24(11-8-15)29(26)17-5-3-16(4-6-17)28-19(20,21)22/h3-6,13-14H,7-12H2,1-2H3,(H,23,25). The van der Waals surface area contributed by atoms with E-state index in [4.69, 9.17) is 4.74 Å². The number of halogens is 3. The molecule has 0 saturated carbocycles. The van der Waals surface area contributed by atoms with Crippen molar-refractivity contribution in [3.8, 4) is 5.75 Å². The van der Waals surface area contributed by atoms with Gasteiger partial charge in [-0.25, -0.2) is 8.51 Å². The Hall–Kier alpha value is -1.91. The maximum absolute atomic E-state index is 12.6. The number of benzene rings is 1. The number of amides is 1. The predicted octanol–water partition coefficient (Wildman–Crippen LogP) is 3.17. The van der Waals surface area contributed by atoms with E-state index in [1.165, 1.54) is 12.1 Å². The summed E-state index contributed by atoms with van der Waals surface area (Å²) in [6.07, 6.45) is -1.89. The molecule has 0 aliphatic carbocycles. The first kappa shape index (κ1) is 23.4. The van der Waals surface area contributed by atoms with Crippen LogP contribution < -0.4 is 10.1 Å². The van der Waals surface area contributed by atoms with Gasteiger partial charge < -0.3 is 14.8 Å². The number of alkyl halides is 3. The van der Waals surface area contributed by atoms with Gasteiger partial charge in [0.1, 0.15) is 16.7 Å². The van der Waals surface area contributed by atoms with Crippen LogP contribution in [0, 0.1) is 0 Å². The van der Waals surface area contributed by atoms with E-state index >= 15 is 0 Å². The van der Waals surface area contributed by atoms with E-state index in [1.807, 2.05) is 13.8 Å². The van der Waals surface area contributed by atoms with E-state index in [-0.39, 0.29) is 17.8 Å². The number of hydrogen-bond donors (Lipinski definition) is 1. The molecule has 29 heavy (non-hydrogen) atoms. The van der Waals surface area contributed by atoms with E-state index in [1.54, 1.807) is 10.4 Å². The average molecular weight is 434 g/mol. The summed E-state index contributed by atoms with van der Waals surface area (Å²) in [5.41, 5.74) is 0.967. The summed E-state index contributed by atoms with van der Waals surface area (Å²) in [6, 6.07) is 5.00. The minimum atomic E-state index is -4.76. The zero-order valence-corrected chi connectivity index (χ0v) is 17.1. The highest BCUT2D eigenvalue weighted by Gasteiger charge is 2.31. The van der Waals surface area contributed by atoms with Gasteiger partial charge in [-0.05, 0) is 51.0 Å². The second-order valence-corrected chi connectivity index (χ2v) is 8.20. The number of rotatable bonds is 8. The van der Waals surface area contributed by atoms with Crippen molar-refractivity contribution in [1.29, 1.82) is 0 Å². The molecule has 0 spiro atoms. The molecule has 1 aliphatic heterocycles. The van der Waals surface area contributed by atoms with Crippen LogP contribution in [0.15, 0.2) is 40.8 Å². The molecular formula is C19H25F3N2O4S. The van der Waals surface area contributed by atoms with Gasteiger partial charge in [0, 0.05) is 25.7 Å². The molecule has 1 N–H and O–H groups in total. The van der Waals surface area contributed by atoms with Crippen LogP contribution in [0.5, 0.6) is 5.75 Å². The van der Waals surface area contributed by atoms with E-state index in [0.717, 1.165) is 17.7 Å². The van der Waals surface area contributed by atoms with Gasteiger partial charge in [0.25, 0.3) is 0 Å². The second kappa shape index (κ2) is 10.7. The van der Waals surface area contributed by atoms with Gasteiger partial charge in [-0.1, -0.05) is 5.57 Å². The molecule has 1 unspecified atom stereocenters. The molecule has 0 radical (unpaired) electrons. The molecule has 10 heteroatoms. The number of hydrogen-bond acceptors (Lipinski definition) is 4. The number of ether oxygens (including phenoxy) is 2. The van der Waals surface area contributed by atoms with Gasteiger partial charge in [0.05, 0.1) is 17.6 Å². The molecule has 1 aliphatic rings. The normalized spacial score (nSPS) is 16.6. The Balaban J connectivity index is 1.80. The minimum Gasteiger partial charge on any atom is -0.406 e. The summed E-state index contributed by atoms with van der Waals surface area (Å²) in [5, 5.41) is 2.76. The van der Waals surface area contributed by atoms with Gasteiger partial charge in [0.15, 0.2) is 0 Å². The van der Waals surface area contributed by atoms with Gasteiger partial charge >= 0.3 is 6.36 Å². The van der Waals surface area contributed by atoms with Gasteiger partial charge in [-0.2, -0.15) is 0 Å². The largest absolute Gasteiger partial charge is 0.573 e. The third-order valence-electron chi connectivity index (χ3n) is 4.05. The predicted molar refractivity (Wildman–Crippen MR) is 103 cm³/mol. The summed E-state index contributed by atoms with van der Waals surface area (Å²) < 4.78 is 60.1. The molecule has 1 atom stereocenters. The molecule has 0 bridgehead atoms. The third-order valence-corrected chi connectivity index (χ3v) is 5.56. The van der Waals surface area contributed by atoms with E-state index < -0.39 is 17.3 Å². The van der Waals surface area contributed by atoms with Crippen LogP contribution in [0.25, 0.3) is 0 Å². The molecule has 162 valence electrons. The van der Waals surface area contributed by atoms with Gasteiger partial charge in [0.2, 0.25) is 5.91 Å².